The van der Waals surface area contributed by atoms with Crippen LogP contribution >= 0.6 is 0 Å². The first kappa shape index (κ1) is 15.2. The summed E-state index contributed by atoms with van der Waals surface area (Å²) >= 11 is 0. The van der Waals surface area contributed by atoms with Crippen molar-refractivity contribution in [1.29, 1.82) is 0 Å². The molecule has 1 fully saturated rings. The van der Waals surface area contributed by atoms with Gasteiger partial charge in [0.05, 0.1) is 17.6 Å². The number of β-amino-alcohol motifs (C(OH)–C–C–N with tert-alkyl or cyclic N) is 1. The van der Waals surface area contributed by atoms with E-state index in [0.29, 0.717) is 13.0 Å². The first-order valence-corrected chi connectivity index (χ1v) is 6.63. The molecule has 2 rings (SSSR count). The van der Waals surface area contributed by atoms with E-state index in [4.69, 9.17) is 5.11 Å². The molecule has 21 heavy (non-hydrogen) atoms. The second kappa shape index (κ2) is 6.49. The number of aliphatic hydroxyl groups is 1. The Kier molecular flexibility index (Phi) is 4.69. The Bertz CT molecular complexity index is 550. The quantitative estimate of drug-likeness (QED) is 0.627. The number of aliphatic hydroxyl groups excluding tert-OH is 1. The first-order valence-electron chi connectivity index (χ1n) is 6.63. The van der Waals surface area contributed by atoms with E-state index in [2.05, 4.69) is 5.32 Å². The molecule has 1 atom stereocenters. The summed E-state index contributed by atoms with van der Waals surface area (Å²) in [6, 6.07) is 2.58. The second-order valence-electron chi connectivity index (χ2n) is 4.81. The number of rotatable bonds is 5. The molecule has 0 aliphatic carbocycles. The number of likely N-dealkylation sites (tertiary alicyclic amines) is 1. The van der Waals surface area contributed by atoms with Gasteiger partial charge in [-0.1, -0.05) is 0 Å². The zero-order valence-electron chi connectivity index (χ0n) is 11.3. The van der Waals surface area contributed by atoms with Crippen LogP contribution in [0.25, 0.3) is 0 Å². The van der Waals surface area contributed by atoms with Crippen molar-refractivity contribution in [2.45, 2.75) is 18.9 Å². The maximum atomic E-state index is 13.1. The fourth-order valence-corrected chi connectivity index (χ4v) is 2.38. The molecule has 0 spiro atoms. The van der Waals surface area contributed by atoms with Gasteiger partial charge in [-0.05, 0) is 25.0 Å². The number of carbonyl (C=O) groups excluding carboxylic acids is 1. The average molecular weight is 297 g/mol. The Morgan fingerprint density at radius 1 is 1.52 bits per heavy atom. The van der Waals surface area contributed by atoms with Gasteiger partial charge in [0.1, 0.15) is 17.5 Å². The minimum atomic E-state index is -0.705. The molecule has 114 valence electrons. The topological polar surface area (TPSA) is 95.7 Å². The molecule has 0 bridgehead atoms. The van der Waals surface area contributed by atoms with Crippen LogP contribution in [0, 0.1) is 15.9 Å². The highest BCUT2D eigenvalue weighted by atomic mass is 19.1. The average Bonchev–Trinajstić information content (AvgIpc) is 2.45. The molecule has 8 heteroatoms. The highest BCUT2D eigenvalue weighted by molar-refractivity contribution is 5.86. The van der Waals surface area contributed by atoms with Gasteiger partial charge in [-0.15, -0.1) is 0 Å². The maximum absolute atomic E-state index is 13.1. The van der Waals surface area contributed by atoms with E-state index in [0.717, 1.165) is 18.6 Å². The third-order valence-corrected chi connectivity index (χ3v) is 3.39. The molecule has 1 heterocycles. The van der Waals surface area contributed by atoms with Crippen LogP contribution in [0.2, 0.25) is 0 Å². The summed E-state index contributed by atoms with van der Waals surface area (Å²) in [5.74, 6) is -0.918. The number of nitro benzene ring substituents is 1. The van der Waals surface area contributed by atoms with Crippen molar-refractivity contribution < 1.29 is 19.2 Å². The fraction of sp³-hybridized carbons (Fsp3) is 0.462. The number of amides is 1. The van der Waals surface area contributed by atoms with Crippen LogP contribution < -0.4 is 5.32 Å². The summed E-state index contributed by atoms with van der Waals surface area (Å²) in [6.07, 6.45) is 1.27. The highest BCUT2D eigenvalue weighted by Crippen LogP contribution is 2.27. The Labute approximate surface area is 120 Å². The van der Waals surface area contributed by atoms with Gasteiger partial charge in [0.25, 0.3) is 5.69 Å². The number of nitrogens with zero attached hydrogens (tertiary/aromatic N) is 2. The van der Waals surface area contributed by atoms with Crippen LogP contribution in [0.3, 0.4) is 0 Å². The molecule has 0 radical (unpaired) electrons. The van der Waals surface area contributed by atoms with E-state index < -0.39 is 22.5 Å². The smallest absolute Gasteiger partial charge is 0.295 e. The van der Waals surface area contributed by atoms with Crippen molar-refractivity contribution >= 4 is 17.3 Å². The van der Waals surface area contributed by atoms with E-state index in [1.165, 1.54) is 11.0 Å². The van der Waals surface area contributed by atoms with Gasteiger partial charge in [0, 0.05) is 13.1 Å². The summed E-state index contributed by atoms with van der Waals surface area (Å²) in [5, 5.41) is 22.7. The van der Waals surface area contributed by atoms with Gasteiger partial charge in [0.2, 0.25) is 5.91 Å². The second-order valence-corrected chi connectivity index (χ2v) is 4.81. The van der Waals surface area contributed by atoms with Gasteiger partial charge < -0.3 is 15.3 Å². The number of piperidine rings is 1. The normalized spacial score (nSPS) is 18.7. The Morgan fingerprint density at radius 3 is 2.95 bits per heavy atom. The van der Waals surface area contributed by atoms with Gasteiger partial charge in [0.15, 0.2) is 0 Å². The minimum absolute atomic E-state index is 0.116. The molecular weight excluding hydrogens is 281 g/mol. The van der Waals surface area contributed by atoms with Gasteiger partial charge in [-0.25, -0.2) is 4.39 Å². The number of hydrogen-bond acceptors (Lipinski definition) is 5. The third-order valence-electron chi connectivity index (χ3n) is 3.39. The SMILES string of the molecule is O=C1[C@H](Nc2ccc(F)cc2[N+](=O)[O-])CCCN1CCO. The molecule has 7 nitrogen and oxygen atoms in total. The largest absolute Gasteiger partial charge is 0.395 e. The number of hydrogen-bond donors (Lipinski definition) is 2. The van der Waals surface area contributed by atoms with Crippen molar-refractivity contribution in [3.63, 3.8) is 0 Å². The summed E-state index contributed by atoms with van der Waals surface area (Å²) in [7, 11) is 0. The lowest BCUT2D eigenvalue weighted by molar-refractivity contribution is -0.384. The lowest BCUT2D eigenvalue weighted by Gasteiger charge is -2.32. The van der Waals surface area contributed by atoms with Crippen molar-refractivity contribution in [2.24, 2.45) is 0 Å². The van der Waals surface area contributed by atoms with Crippen LogP contribution in [-0.4, -0.2) is 46.6 Å². The summed E-state index contributed by atoms with van der Waals surface area (Å²) in [5.41, 5.74) is -0.285. The third kappa shape index (κ3) is 3.46. The molecule has 1 saturated heterocycles. The van der Waals surface area contributed by atoms with Crippen LogP contribution in [0.5, 0.6) is 0 Å². The molecule has 1 aliphatic rings. The number of nitrogens with one attached hydrogen (secondary N) is 1. The zero-order chi connectivity index (χ0) is 15.4. The van der Waals surface area contributed by atoms with Crippen LogP contribution in [0.1, 0.15) is 12.8 Å². The standard InChI is InChI=1S/C13H16FN3O4/c14-9-3-4-10(12(8-9)17(20)21)15-11-2-1-5-16(6-7-18)13(11)19/h3-4,8,11,15,18H,1-2,5-7H2/t11-/m1/s1. The monoisotopic (exact) mass is 297 g/mol. The van der Waals surface area contributed by atoms with Crippen molar-refractivity contribution in [3.8, 4) is 0 Å². The Balaban J connectivity index is 2.17. The highest BCUT2D eigenvalue weighted by Gasteiger charge is 2.29. The molecule has 1 aromatic carbocycles. The molecule has 1 aromatic rings. The number of anilines is 1. The zero-order valence-corrected chi connectivity index (χ0v) is 11.3. The number of benzene rings is 1. The summed E-state index contributed by atoms with van der Waals surface area (Å²) < 4.78 is 13.1. The van der Waals surface area contributed by atoms with Crippen LogP contribution in [0.4, 0.5) is 15.8 Å². The molecule has 2 N–H and O–H groups in total. The Hall–Kier alpha value is -2.22. The van der Waals surface area contributed by atoms with Crippen LogP contribution in [0.15, 0.2) is 18.2 Å². The lowest BCUT2D eigenvalue weighted by Crippen LogP contribution is -2.48. The number of carbonyl (C=O) groups is 1. The predicted molar refractivity (Wildman–Crippen MR) is 73.4 cm³/mol. The maximum Gasteiger partial charge on any atom is 0.295 e. The fourth-order valence-electron chi connectivity index (χ4n) is 2.38. The molecule has 0 aromatic heterocycles. The number of nitro groups is 1. The molecule has 0 saturated carbocycles. The van der Waals surface area contributed by atoms with E-state index in [1.54, 1.807) is 0 Å². The van der Waals surface area contributed by atoms with Crippen molar-refractivity contribution in [2.75, 3.05) is 25.0 Å². The van der Waals surface area contributed by atoms with E-state index in [1.807, 2.05) is 0 Å². The lowest BCUT2D eigenvalue weighted by atomic mass is 10.0. The Morgan fingerprint density at radius 2 is 2.29 bits per heavy atom. The van der Waals surface area contributed by atoms with Crippen LogP contribution in [-0.2, 0) is 4.79 Å². The van der Waals surface area contributed by atoms with Gasteiger partial charge >= 0.3 is 0 Å². The van der Waals surface area contributed by atoms with E-state index >= 15 is 0 Å². The first-order chi connectivity index (χ1) is 10.0. The molecular formula is C13H16FN3O4. The van der Waals surface area contributed by atoms with Crippen molar-refractivity contribution in [1.82, 2.24) is 4.90 Å². The van der Waals surface area contributed by atoms with E-state index in [9.17, 15) is 19.3 Å². The van der Waals surface area contributed by atoms with E-state index in [-0.39, 0.29) is 24.7 Å². The van der Waals surface area contributed by atoms with Crippen molar-refractivity contribution in [3.05, 3.63) is 34.1 Å². The predicted octanol–water partition coefficient (Wildman–Crippen LogP) is 1.13. The minimum Gasteiger partial charge on any atom is -0.395 e. The molecule has 1 amide bonds. The summed E-state index contributed by atoms with van der Waals surface area (Å²) in [6.45, 7) is 0.667. The molecule has 0 unspecified atom stereocenters. The van der Waals surface area contributed by atoms with Gasteiger partial charge in [-0.2, -0.15) is 0 Å². The van der Waals surface area contributed by atoms with Gasteiger partial charge in [-0.3, -0.25) is 14.9 Å². The summed E-state index contributed by atoms with van der Waals surface area (Å²) in [4.78, 5) is 23.9. The molecule has 1 aliphatic heterocycles. The number of halogens is 1.